The average molecular weight is 691 g/mol. The predicted molar refractivity (Wildman–Crippen MR) is 176 cm³/mol. The fraction of sp³-hybridized carbons (Fsp3) is 0.226. The zero-order chi connectivity index (χ0) is 31.4. The first-order chi connectivity index (χ1) is 21.2. The number of rotatable bonds is 11. The summed E-state index contributed by atoms with van der Waals surface area (Å²) in [5, 5.41) is 21.6. The van der Waals surface area contributed by atoms with Crippen LogP contribution in [0.25, 0.3) is 5.76 Å². The largest absolute Gasteiger partial charge is 0.507 e. The van der Waals surface area contributed by atoms with Gasteiger partial charge >= 0.3 is 5.91 Å². The monoisotopic (exact) mass is 689 g/mol. The first kappa shape index (κ1) is 32.1. The lowest BCUT2D eigenvalue weighted by Crippen LogP contribution is -2.29. The number of unbranched alkanes of at least 4 members (excludes halogenated alkanes) is 1. The Kier molecular flexibility index (Phi) is 10.4. The summed E-state index contributed by atoms with van der Waals surface area (Å²) in [6, 6.07) is 15.7. The van der Waals surface area contributed by atoms with Crippen LogP contribution >= 0.6 is 57.9 Å². The Morgan fingerprint density at radius 2 is 1.75 bits per heavy atom. The number of carbonyl (C=O) groups excluding carboxylic acids is 2. The second-order valence-electron chi connectivity index (χ2n) is 9.66. The molecule has 0 aliphatic carbocycles. The number of ether oxygens (including phenoxy) is 2. The number of halogens is 3. The number of Topliss-reactive ketones (excluding diaryl/α,β-unsaturated/α-hetero) is 1. The van der Waals surface area contributed by atoms with Crippen molar-refractivity contribution in [3.8, 4) is 11.5 Å². The van der Waals surface area contributed by atoms with E-state index in [4.69, 9.17) is 44.3 Å². The molecule has 0 spiro atoms. The normalized spacial score (nSPS) is 16.0. The van der Waals surface area contributed by atoms with E-state index in [0.717, 1.165) is 29.7 Å². The molecular formula is C31H26Cl3N3O5S2. The Labute approximate surface area is 277 Å². The zero-order valence-corrected chi connectivity index (χ0v) is 27.5. The van der Waals surface area contributed by atoms with Crippen molar-refractivity contribution in [3.63, 3.8) is 0 Å². The highest BCUT2D eigenvalue weighted by Gasteiger charge is 2.48. The third-order valence-corrected chi connectivity index (χ3v) is 9.73. The number of aromatic nitrogens is 2. The fourth-order valence-corrected chi connectivity index (χ4v) is 7.10. The summed E-state index contributed by atoms with van der Waals surface area (Å²) in [7, 11) is 1.51. The quantitative estimate of drug-likeness (QED) is 0.0417. The van der Waals surface area contributed by atoms with E-state index in [9.17, 15) is 14.7 Å². The van der Waals surface area contributed by atoms with Crippen molar-refractivity contribution in [2.45, 2.75) is 35.9 Å². The highest BCUT2D eigenvalue weighted by atomic mass is 35.5. The molecule has 5 rings (SSSR count). The van der Waals surface area contributed by atoms with Crippen LogP contribution in [0.15, 0.2) is 70.6 Å². The molecule has 1 aliphatic heterocycles. The molecule has 13 heteroatoms. The van der Waals surface area contributed by atoms with Gasteiger partial charge in [-0.05, 0) is 66.1 Å². The molecule has 1 aliphatic rings. The van der Waals surface area contributed by atoms with Gasteiger partial charge in [0.05, 0.1) is 25.3 Å². The minimum absolute atomic E-state index is 0.101. The maximum atomic E-state index is 13.6. The molecule has 1 unspecified atom stereocenters. The van der Waals surface area contributed by atoms with E-state index in [1.54, 1.807) is 54.6 Å². The summed E-state index contributed by atoms with van der Waals surface area (Å²) >= 11 is 20.9. The van der Waals surface area contributed by atoms with E-state index in [1.165, 1.54) is 23.8 Å². The minimum Gasteiger partial charge on any atom is -0.507 e. The van der Waals surface area contributed by atoms with Gasteiger partial charge in [0.2, 0.25) is 5.13 Å². The zero-order valence-electron chi connectivity index (χ0n) is 23.6. The molecule has 4 aromatic rings. The lowest BCUT2D eigenvalue weighted by atomic mass is 9.95. The van der Waals surface area contributed by atoms with Crippen molar-refractivity contribution in [1.82, 2.24) is 10.2 Å². The SMILES string of the molecule is CCCCOc1ccc(C2/C(=C(/O)c3ccc(Cl)cc3)C(=O)C(=O)N2c2nnc(SCc3ccc(Cl)cc3Cl)s2)cc1OC. The van der Waals surface area contributed by atoms with Crippen LogP contribution < -0.4 is 14.4 Å². The van der Waals surface area contributed by atoms with E-state index in [1.807, 2.05) is 6.07 Å². The standard InChI is InChI=1S/C31H26Cl3N3O5S2/c1-3-4-13-42-23-12-8-18(14-24(23)41-2)26-25(27(38)17-5-9-20(32)10-6-17)28(39)29(40)37(26)30-35-36-31(44-30)43-16-19-7-11-21(33)15-22(19)34/h5-12,14-15,26,38H,3-4,13,16H2,1-2H3/b27-25-. The Morgan fingerprint density at radius 1 is 1.00 bits per heavy atom. The summed E-state index contributed by atoms with van der Waals surface area (Å²) < 4.78 is 12.1. The molecule has 1 N–H and O–H groups in total. The Morgan fingerprint density at radius 3 is 2.45 bits per heavy atom. The van der Waals surface area contributed by atoms with Crippen molar-refractivity contribution in [1.29, 1.82) is 0 Å². The van der Waals surface area contributed by atoms with Gasteiger partial charge in [0, 0.05) is 26.4 Å². The maximum Gasteiger partial charge on any atom is 0.301 e. The molecule has 1 atom stereocenters. The van der Waals surface area contributed by atoms with Crippen LogP contribution in [0.5, 0.6) is 11.5 Å². The van der Waals surface area contributed by atoms with Gasteiger partial charge in [-0.25, -0.2) is 0 Å². The molecule has 0 radical (unpaired) electrons. The third-order valence-electron chi connectivity index (χ3n) is 6.79. The Balaban J connectivity index is 1.55. The molecule has 1 fully saturated rings. The van der Waals surface area contributed by atoms with Crippen molar-refractivity contribution < 1.29 is 24.2 Å². The summed E-state index contributed by atoms with van der Waals surface area (Å²) in [6.07, 6.45) is 1.84. The van der Waals surface area contributed by atoms with Crippen LogP contribution in [0.2, 0.25) is 15.1 Å². The second kappa shape index (κ2) is 14.2. The number of aliphatic hydroxyl groups excluding tert-OH is 1. The number of aliphatic hydroxyl groups is 1. The number of thioether (sulfide) groups is 1. The van der Waals surface area contributed by atoms with Gasteiger partial charge < -0.3 is 14.6 Å². The molecule has 2 heterocycles. The predicted octanol–water partition coefficient (Wildman–Crippen LogP) is 8.60. The van der Waals surface area contributed by atoms with Gasteiger partial charge in [-0.3, -0.25) is 14.5 Å². The highest BCUT2D eigenvalue weighted by Crippen LogP contribution is 2.46. The van der Waals surface area contributed by atoms with Gasteiger partial charge in [0.25, 0.3) is 5.78 Å². The van der Waals surface area contributed by atoms with E-state index in [2.05, 4.69) is 17.1 Å². The number of carbonyl (C=O) groups is 2. The average Bonchev–Trinajstić information content (AvgIpc) is 3.58. The molecule has 3 aromatic carbocycles. The molecule has 1 amide bonds. The highest BCUT2D eigenvalue weighted by molar-refractivity contribution is 8.00. The van der Waals surface area contributed by atoms with Crippen LogP contribution in [0, 0.1) is 0 Å². The molecule has 1 aromatic heterocycles. The van der Waals surface area contributed by atoms with Gasteiger partial charge in [-0.15, -0.1) is 10.2 Å². The first-order valence-electron chi connectivity index (χ1n) is 13.5. The summed E-state index contributed by atoms with van der Waals surface area (Å²) in [6.45, 7) is 2.57. The second-order valence-corrected chi connectivity index (χ2v) is 13.1. The molecule has 0 saturated carbocycles. The fourth-order valence-electron chi connectivity index (χ4n) is 4.54. The Hall–Kier alpha value is -3.28. The number of ketones is 1. The van der Waals surface area contributed by atoms with Gasteiger partial charge in [0.1, 0.15) is 5.76 Å². The van der Waals surface area contributed by atoms with Crippen LogP contribution in [-0.2, 0) is 15.3 Å². The molecule has 44 heavy (non-hydrogen) atoms. The van der Waals surface area contributed by atoms with Gasteiger partial charge in [-0.2, -0.15) is 0 Å². The molecular weight excluding hydrogens is 665 g/mol. The number of anilines is 1. The maximum absolute atomic E-state index is 13.6. The smallest absolute Gasteiger partial charge is 0.301 e. The summed E-state index contributed by atoms with van der Waals surface area (Å²) in [5.41, 5.74) is 1.60. The lowest BCUT2D eigenvalue weighted by Gasteiger charge is -2.23. The van der Waals surface area contributed by atoms with E-state index < -0.39 is 17.7 Å². The molecule has 0 bridgehead atoms. The third kappa shape index (κ3) is 6.84. The number of amides is 1. The summed E-state index contributed by atoms with van der Waals surface area (Å²) in [5.74, 6) is -0.617. The van der Waals surface area contributed by atoms with E-state index in [-0.39, 0.29) is 16.5 Å². The van der Waals surface area contributed by atoms with Gasteiger partial charge in [0.15, 0.2) is 15.8 Å². The molecule has 8 nitrogen and oxygen atoms in total. The van der Waals surface area contributed by atoms with Crippen molar-refractivity contribution >= 4 is 80.5 Å². The van der Waals surface area contributed by atoms with E-state index in [0.29, 0.717) is 54.4 Å². The summed E-state index contributed by atoms with van der Waals surface area (Å²) in [4.78, 5) is 28.4. The van der Waals surface area contributed by atoms with Crippen LogP contribution in [0.4, 0.5) is 5.13 Å². The first-order valence-corrected chi connectivity index (χ1v) is 16.4. The topological polar surface area (TPSA) is 102 Å². The molecule has 228 valence electrons. The van der Waals surface area contributed by atoms with Gasteiger partial charge in [-0.1, -0.05) is 83.4 Å². The van der Waals surface area contributed by atoms with Crippen molar-refractivity contribution in [2.24, 2.45) is 0 Å². The lowest BCUT2D eigenvalue weighted by molar-refractivity contribution is -0.132. The number of hydrogen-bond acceptors (Lipinski definition) is 9. The number of methoxy groups -OCH3 is 1. The van der Waals surface area contributed by atoms with Crippen molar-refractivity contribution in [3.05, 3.63) is 98.0 Å². The molecule has 1 saturated heterocycles. The number of hydrogen-bond donors (Lipinski definition) is 1. The number of benzene rings is 3. The van der Waals surface area contributed by atoms with Crippen molar-refractivity contribution in [2.75, 3.05) is 18.6 Å². The van der Waals surface area contributed by atoms with Crippen LogP contribution in [0.3, 0.4) is 0 Å². The van der Waals surface area contributed by atoms with Crippen LogP contribution in [-0.4, -0.2) is 40.7 Å². The Bertz CT molecular complexity index is 1730. The van der Waals surface area contributed by atoms with Crippen LogP contribution in [0.1, 0.15) is 42.5 Å². The van der Waals surface area contributed by atoms with E-state index >= 15 is 0 Å². The number of nitrogens with zero attached hydrogens (tertiary/aromatic N) is 3. The minimum atomic E-state index is -1.03.